The summed E-state index contributed by atoms with van der Waals surface area (Å²) in [6.45, 7) is 5.42. The SMILES string of the molecule is CCOc1ccc(CCN=Cc2cc([N+](=O)[O-])ccc2O)cc1OCC. The predicted octanol–water partition coefficient (Wildman–Crippen LogP) is 3.76. The number of benzene rings is 2. The molecule has 26 heavy (non-hydrogen) atoms. The molecule has 2 aromatic carbocycles. The van der Waals surface area contributed by atoms with Gasteiger partial charge in [0, 0.05) is 30.5 Å². The van der Waals surface area contributed by atoms with Crippen LogP contribution in [0.25, 0.3) is 0 Å². The summed E-state index contributed by atoms with van der Waals surface area (Å²) in [6.07, 6.45) is 2.11. The van der Waals surface area contributed by atoms with Gasteiger partial charge in [-0.2, -0.15) is 0 Å². The van der Waals surface area contributed by atoms with Gasteiger partial charge in [0.1, 0.15) is 5.75 Å². The second kappa shape index (κ2) is 9.41. The number of nitrogens with zero attached hydrogens (tertiary/aromatic N) is 2. The fourth-order valence-corrected chi connectivity index (χ4v) is 2.37. The summed E-state index contributed by atoms with van der Waals surface area (Å²) in [6, 6.07) is 9.59. The number of hydrogen-bond donors (Lipinski definition) is 1. The molecule has 0 heterocycles. The summed E-state index contributed by atoms with van der Waals surface area (Å²) in [5.74, 6) is 1.37. The maximum Gasteiger partial charge on any atom is 0.270 e. The van der Waals surface area contributed by atoms with E-state index in [9.17, 15) is 15.2 Å². The van der Waals surface area contributed by atoms with Crippen LogP contribution in [-0.4, -0.2) is 36.0 Å². The third-order valence-corrected chi connectivity index (χ3v) is 3.59. The number of phenolic OH excluding ortho intramolecular Hbond substituents is 1. The molecule has 0 fully saturated rings. The highest BCUT2D eigenvalue weighted by Crippen LogP contribution is 2.28. The third kappa shape index (κ3) is 5.20. The molecule has 0 bridgehead atoms. The van der Waals surface area contributed by atoms with Crippen LogP contribution in [-0.2, 0) is 6.42 Å². The lowest BCUT2D eigenvalue weighted by Crippen LogP contribution is -2.00. The summed E-state index contributed by atoms with van der Waals surface area (Å²) in [5.41, 5.74) is 1.27. The van der Waals surface area contributed by atoms with E-state index in [1.54, 1.807) is 0 Å². The first kappa shape index (κ1) is 19.2. The van der Waals surface area contributed by atoms with E-state index >= 15 is 0 Å². The Kier molecular flexibility index (Phi) is 6.96. The second-order valence-electron chi connectivity index (χ2n) is 5.43. The van der Waals surface area contributed by atoms with Gasteiger partial charge in [0.25, 0.3) is 5.69 Å². The second-order valence-corrected chi connectivity index (χ2v) is 5.43. The summed E-state index contributed by atoms with van der Waals surface area (Å²) in [5, 5.41) is 20.6. The number of nitro benzene ring substituents is 1. The Hall–Kier alpha value is -3.09. The van der Waals surface area contributed by atoms with Gasteiger partial charge in [0.15, 0.2) is 11.5 Å². The monoisotopic (exact) mass is 358 g/mol. The van der Waals surface area contributed by atoms with E-state index in [1.807, 2.05) is 32.0 Å². The van der Waals surface area contributed by atoms with E-state index in [4.69, 9.17) is 9.47 Å². The minimum Gasteiger partial charge on any atom is -0.507 e. The minimum absolute atomic E-state index is 0.0425. The normalized spacial score (nSPS) is 10.8. The minimum atomic E-state index is -0.508. The summed E-state index contributed by atoms with van der Waals surface area (Å²) >= 11 is 0. The Bertz CT molecular complexity index is 789. The van der Waals surface area contributed by atoms with Crippen LogP contribution in [0.2, 0.25) is 0 Å². The quantitative estimate of drug-likeness (QED) is 0.418. The van der Waals surface area contributed by atoms with Gasteiger partial charge in [-0.3, -0.25) is 15.1 Å². The molecule has 0 radical (unpaired) electrons. The van der Waals surface area contributed by atoms with Crippen molar-refractivity contribution in [2.45, 2.75) is 20.3 Å². The highest BCUT2D eigenvalue weighted by atomic mass is 16.6. The zero-order chi connectivity index (χ0) is 18.9. The van der Waals surface area contributed by atoms with Crippen LogP contribution in [0.15, 0.2) is 41.4 Å². The Labute approximate surface area is 152 Å². The van der Waals surface area contributed by atoms with Crippen molar-refractivity contribution in [3.05, 3.63) is 57.6 Å². The molecule has 0 atom stereocenters. The lowest BCUT2D eigenvalue weighted by atomic mass is 10.1. The van der Waals surface area contributed by atoms with Crippen LogP contribution in [0.3, 0.4) is 0 Å². The lowest BCUT2D eigenvalue weighted by Gasteiger charge is -2.12. The standard InChI is InChI=1S/C19H22N2O5/c1-3-25-18-8-5-14(11-19(18)26-4-2)9-10-20-13-15-12-16(21(23)24)6-7-17(15)22/h5-8,11-13,22H,3-4,9-10H2,1-2H3. The van der Waals surface area contributed by atoms with Gasteiger partial charge in [0.2, 0.25) is 0 Å². The topological polar surface area (TPSA) is 94.2 Å². The van der Waals surface area contributed by atoms with Gasteiger partial charge in [-0.1, -0.05) is 6.07 Å². The first-order valence-corrected chi connectivity index (χ1v) is 8.40. The highest BCUT2D eigenvalue weighted by Gasteiger charge is 2.09. The fraction of sp³-hybridized carbons (Fsp3) is 0.316. The largest absolute Gasteiger partial charge is 0.507 e. The van der Waals surface area contributed by atoms with E-state index in [0.717, 1.165) is 5.56 Å². The molecule has 2 rings (SSSR count). The molecule has 0 unspecified atom stereocenters. The maximum atomic E-state index is 10.8. The van der Waals surface area contributed by atoms with Crippen molar-refractivity contribution in [2.24, 2.45) is 4.99 Å². The molecule has 1 N–H and O–H groups in total. The number of hydrogen-bond acceptors (Lipinski definition) is 6. The summed E-state index contributed by atoms with van der Waals surface area (Å²) < 4.78 is 11.1. The molecular weight excluding hydrogens is 336 g/mol. The molecule has 0 saturated heterocycles. The number of phenols is 1. The van der Waals surface area contributed by atoms with E-state index in [0.29, 0.717) is 43.2 Å². The van der Waals surface area contributed by atoms with E-state index < -0.39 is 4.92 Å². The van der Waals surface area contributed by atoms with E-state index in [-0.39, 0.29) is 11.4 Å². The van der Waals surface area contributed by atoms with Crippen LogP contribution in [0, 0.1) is 10.1 Å². The molecule has 0 amide bonds. The Morgan fingerprint density at radius 1 is 1.12 bits per heavy atom. The molecular formula is C19H22N2O5. The molecule has 138 valence electrons. The molecule has 0 aromatic heterocycles. The predicted molar refractivity (Wildman–Crippen MR) is 99.7 cm³/mol. The number of non-ortho nitro benzene ring substituents is 1. The fourth-order valence-electron chi connectivity index (χ4n) is 2.37. The number of aliphatic imine (C=N–C) groups is 1. The molecule has 0 aliphatic carbocycles. The van der Waals surface area contributed by atoms with Crippen LogP contribution >= 0.6 is 0 Å². The van der Waals surface area contributed by atoms with Crippen LogP contribution in [0.4, 0.5) is 5.69 Å². The number of aromatic hydroxyl groups is 1. The third-order valence-electron chi connectivity index (χ3n) is 3.59. The maximum absolute atomic E-state index is 10.8. The van der Waals surface area contributed by atoms with Gasteiger partial charge in [-0.05, 0) is 44.0 Å². The number of rotatable bonds is 9. The Balaban J connectivity index is 2.03. The molecule has 0 aliphatic heterocycles. The van der Waals surface area contributed by atoms with Crippen molar-refractivity contribution < 1.29 is 19.5 Å². The highest BCUT2D eigenvalue weighted by molar-refractivity contribution is 5.84. The molecule has 0 spiro atoms. The smallest absolute Gasteiger partial charge is 0.270 e. The first-order chi connectivity index (χ1) is 12.5. The molecule has 7 heteroatoms. The molecule has 2 aromatic rings. The first-order valence-electron chi connectivity index (χ1n) is 8.40. The average Bonchev–Trinajstić information content (AvgIpc) is 2.62. The van der Waals surface area contributed by atoms with Crippen LogP contribution in [0.1, 0.15) is 25.0 Å². The van der Waals surface area contributed by atoms with Gasteiger partial charge in [-0.15, -0.1) is 0 Å². The van der Waals surface area contributed by atoms with Crippen LogP contribution in [0.5, 0.6) is 17.2 Å². The van der Waals surface area contributed by atoms with E-state index in [1.165, 1.54) is 24.4 Å². The Morgan fingerprint density at radius 2 is 1.85 bits per heavy atom. The molecule has 0 saturated carbocycles. The van der Waals surface area contributed by atoms with Crippen molar-refractivity contribution in [1.82, 2.24) is 0 Å². The van der Waals surface area contributed by atoms with Gasteiger partial charge in [-0.25, -0.2) is 0 Å². The van der Waals surface area contributed by atoms with Crippen LogP contribution < -0.4 is 9.47 Å². The van der Waals surface area contributed by atoms with E-state index in [2.05, 4.69) is 4.99 Å². The van der Waals surface area contributed by atoms with Crippen molar-refractivity contribution >= 4 is 11.9 Å². The van der Waals surface area contributed by atoms with Crippen molar-refractivity contribution in [1.29, 1.82) is 0 Å². The average molecular weight is 358 g/mol. The number of nitro groups is 1. The van der Waals surface area contributed by atoms with Crippen molar-refractivity contribution in [3.63, 3.8) is 0 Å². The van der Waals surface area contributed by atoms with Gasteiger partial charge >= 0.3 is 0 Å². The van der Waals surface area contributed by atoms with Gasteiger partial charge in [0.05, 0.1) is 18.1 Å². The summed E-state index contributed by atoms with van der Waals surface area (Å²) in [7, 11) is 0. The number of ether oxygens (including phenoxy) is 2. The molecule has 0 aliphatic rings. The zero-order valence-corrected chi connectivity index (χ0v) is 14.8. The lowest BCUT2D eigenvalue weighted by molar-refractivity contribution is -0.384. The zero-order valence-electron chi connectivity index (χ0n) is 14.8. The van der Waals surface area contributed by atoms with Crippen molar-refractivity contribution in [3.8, 4) is 17.2 Å². The summed E-state index contributed by atoms with van der Waals surface area (Å²) in [4.78, 5) is 14.5. The van der Waals surface area contributed by atoms with Crippen molar-refractivity contribution in [2.75, 3.05) is 19.8 Å². The van der Waals surface area contributed by atoms with Gasteiger partial charge < -0.3 is 14.6 Å². The molecule has 7 nitrogen and oxygen atoms in total. The Morgan fingerprint density at radius 3 is 2.54 bits per heavy atom.